The Morgan fingerprint density at radius 3 is 2.00 bits per heavy atom. The lowest BCUT2D eigenvalue weighted by molar-refractivity contribution is -0.0469. The van der Waals surface area contributed by atoms with E-state index in [0.29, 0.717) is 0 Å². The minimum absolute atomic E-state index is 0.139. The number of rotatable bonds is 2. The Morgan fingerprint density at radius 1 is 1.23 bits per heavy atom. The fourth-order valence-corrected chi connectivity index (χ4v) is 2.20. The van der Waals surface area contributed by atoms with Crippen LogP contribution in [0.15, 0.2) is 0 Å². The van der Waals surface area contributed by atoms with E-state index in [1.165, 1.54) is 7.11 Å². The van der Waals surface area contributed by atoms with E-state index in [2.05, 4.69) is 0 Å². The Morgan fingerprint density at radius 2 is 1.77 bits per heavy atom. The van der Waals surface area contributed by atoms with E-state index in [1.54, 1.807) is 6.92 Å². The highest BCUT2D eigenvalue weighted by molar-refractivity contribution is 4.98. The molecular formula is C9H18O4. The predicted molar refractivity (Wildman–Crippen MR) is 47.1 cm³/mol. The molecule has 1 fully saturated rings. The standard InChI is InChI=1S/C9H18O4/c1-4-7(11)6(5(2)10)8(12)9(4)13-3/h4-12H,1-3H3/t4?,5?,6?,7?,8?,9-/m1/s1. The zero-order valence-corrected chi connectivity index (χ0v) is 8.21. The molecule has 3 N–H and O–H groups in total. The second-order valence-corrected chi connectivity index (χ2v) is 3.86. The predicted octanol–water partition coefficient (Wildman–Crippen LogP) is -0.630. The first-order valence-electron chi connectivity index (χ1n) is 4.57. The lowest BCUT2D eigenvalue weighted by Crippen LogP contribution is -2.35. The second kappa shape index (κ2) is 3.92. The van der Waals surface area contributed by atoms with Crippen molar-refractivity contribution in [2.75, 3.05) is 7.11 Å². The van der Waals surface area contributed by atoms with Crippen molar-refractivity contribution in [3.8, 4) is 0 Å². The van der Waals surface area contributed by atoms with Gasteiger partial charge in [0.25, 0.3) is 0 Å². The van der Waals surface area contributed by atoms with Crippen LogP contribution in [0, 0.1) is 11.8 Å². The summed E-state index contributed by atoms with van der Waals surface area (Å²) in [7, 11) is 1.50. The van der Waals surface area contributed by atoms with Gasteiger partial charge in [-0.05, 0) is 6.92 Å². The summed E-state index contributed by atoms with van der Waals surface area (Å²) in [6, 6.07) is 0. The number of methoxy groups -OCH3 is 1. The van der Waals surface area contributed by atoms with Crippen LogP contribution >= 0.6 is 0 Å². The summed E-state index contributed by atoms with van der Waals surface area (Å²) >= 11 is 0. The zero-order chi connectivity index (χ0) is 10.2. The average molecular weight is 190 g/mol. The number of ether oxygens (including phenoxy) is 1. The summed E-state index contributed by atoms with van der Waals surface area (Å²) in [6.45, 7) is 3.38. The van der Waals surface area contributed by atoms with Crippen LogP contribution in [-0.4, -0.2) is 46.8 Å². The Bertz CT molecular complexity index is 171. The van der Waals surface area contributed by atoms with Gasteiger partial charge in [0.1, 0.15) is 0 Å². The van der Waals surface area contributed by atoms with Gasteiger partial charge in [-0.1, -0.05) is 6.92 Å². The lowest BCUT2D eigenvalue weighted by atomic mass is 9.96. The highest BCUT2D eigenvalue weighted by atomic mass is 16.5. The number of hydrogen-bond acceptors (Lipinski definition) is 4. The van der Waals surface area contributed by atoms with Gasteiger partial charge in [-0.2, -0.15) is 0 Å². The molecule has 6 atom stereocenters. The van der Waals surface area contributed by atoms with Crippen LogP contribution in [-0.2, 0) is 4.74 Å². The van der Waals surface area contributed by atoms with E-state index in [9.17, 15) is 15.3 Å². The van der Waals surface area contributed by atoms with Crippen molar-refractivity contribution < 1.29 is 20.1 Å². The summed E-state index contributed by atoms with van der Waals surface area (Å²) < 4.78 is 5.07. The molecule has 1 aliphatic carbocycles. The van der Waals surface area contributed by atoms with Gasteiger partial charge in [0.15, 0.2) is 0 Å². The van der Waals surface area contributed by atoms with Crippen molar-refractivity contribution in [1.82, 2.24) is 0 Å². The summed E-state index contributed by atoms with van der Waals surface area (Å²) in [5, 5.41) is 28.8. The Balaban J connectivity index is 2.78. The second-order valence-electron chi connectivity index (χ2n) is 3.86. The monoisotopic (exact) mass is 190 g/mol. The Hall–Kier alpha value is -0.160. The molecular weight excluding hydrogens is 172 g/mol. The van der Waals surface area contributed by atoms with Crippen LogP contribution in [0.4, 0.5) is 0 Å². The summed E-state index contributed by atoms with van der Waals surface area (Å²) in [6.07, 6.45) is -2.57. The molecule has 0 aromatic carbocycles. The number of aliphatic hydroxyl groups is 3. The van der Waals surface area contributed by atoms with E-state index >= 15 is 0 Å². The molecule has 0 radical (unpaired) electrons. The maximum absolute atomic E-state index is 9.71. The van der Waals surface area contributed by atoms with Crippen LogP contribution in [0.2, 0.25) is 0 Å². The molecule has 78 valence electrons. The van der Waals surface area contributed by atoms with Crippen molar-refractivity contribution >= 4 is 0 Å². The third kappa shape index (κ3) is 1.72. The van der Waals surface area contributed by atoms with Crippen LogP contribution in [0.1, 0.15) is 13.8 Å². The first-order valence-corrected chi connectivity index (χ1v) is 4.57. The molecule has 0 spiro atoms. The van der Waals surface area contributed by atoms with E-state index in [-0.39, 0.29) is 12.0 Å². The van der Waals surface area contributed by atoms with Gasteiger partial charge in [0, 0.05) is 18.9 Å². The molecule has 5 unspecified atom stereocenters. The van der Waals surface area contributed by atoms with Crippen LogP contribution in [0.25, 0.3) is 0 Å². The molecule has 0 aliphatic heterocycles. The van der Waals surface area contributed by atoms with Crippen LogP contribution in [0.3, 0.4) is 0 Å². The maximum Gasteiger partial charge on any atom is 0.0885 e. The number of aliphatic hydroxyl groups excluding tert-OH is 3. The largest absolute Gasteiger partial charge is 0.393 e. The topological polar surface area (TPSA) is 69.9 Å². The molecule has 0 aromatic rings. The smallest absolute Gasteiger partial charge is 0.0885 e. The van der Waals surface area contributed by atoms with Crippen molar-refractivity contribution in [2.24, 2.45) is 11.8 Å². The normalized spacial score (nSPS) is 48.0. The van der Waals surface area contributed by atoms with Gasteiger partial charge < -0.3 is 20.1 Å². The van der Waals surface area contributed by atoms with E-state index in [1.807, 2.05) is 6.92 Å². The molecule has 0 amide bonds. The third-order valence-electron chi connectivity index (χ3n) is 3.01. The lowest BCUT2D eigenvalue weighted by Gasteiger charge is -2.21. The van der Waals surface area contributed by atoms with Gasteiger partial charge in [0.05, 0.1) is 24.4 Å². The van der Waals surface area contributed by atoms with Crippen molar-refractivity contribution in [1.29, 1.82) is 0 Å². The first kappa shape index (κ1) is 10.9. The molecule has 0 aromatic heterocycles. The molecule has 1 rings (SSSR count). The van der Waals surface area contributed by atoms with Gasteiger partial charge in [-0.15, -0.1) is 0 Å². The van der Waals surface area contributed by atoms with Crippen molar-refractivity contribution in [2.45, 2.75) is 38.3 Å². The van der Waals surface area contributed by atoms with Crippen molar-refractivity contribution in [3.05, 3.63) is 0 Å². The Kier molecular flexibility index (Phi) is 3.29. The van der Waals surface area contributed by atoms with Crippen LogP contribution < -0.4 is 0 Å². The van der Waals surface area contributed by atoms with Gasteiger partial charge in [0.2, 0.25) is 0 Å². The first-order chi connectivity index (χ1) is 6.00. The molecule has 4 heteroatoms. The van der Waals surface area contributed by atoms with Crippen molar-refractivity contribution in [3.63, 3.8) is 0 Å². The molecule has 0 bridgehead atoms. The van der Waals surface area contributed by atoms with E-state index < -0.39 is 24.2 Å². The number of hydrogen-bond donors (Lipinski definition) is 3. The van der Waals surface area contributed by atoms with Gasteiger partial charge in [-0.25, -0.2) is 0 Å². The maximum atomic E-state index is 9.71. The van der Waals surface area contributed by atoms with Gasteiger partial charge in [-0.3, -0.25) is 0 Å². The fraction of sp³-hybridized carbons (Fsp3) is 1.00. The van der Waals surface area contributed by atoms with E-state index in [0.717, 1.165) is 0 Å². The molecule has 0 saturated heterocycles. The van der Waals surface area contributed by atoms with Gasteiger partial charge >= 0.3 is 0 Å². The molecule has 4 nitrogen and oxygen atoms in total. The molecule has 1 aliphatic rings. The summed E-state index contributed by atoms with van der Waals surface area (Å²) in [4.78, 5) is 0. The zero-order valence-electron chi connectivity index (χ0n) is 8.21. The minimum Gasteiger partial charge on any atom is -0.393 e. The third-order valence-corrected chi connectivity index (χ3v) is 3.01. The molecule has 0 heterocycles. The summed E-state index contributed by atoms with van der Waals surface area (Å²) in [5.41, 5.74) is 0. The van der Waals surface area contributed by atoms with E-state index in [4.69, 9.17) is 4.74 Å². The van der Waals surface area contributed by atoms with Crippen LogP contribution in [0.5, 0.6) is 0 Å². The minimum atomic E-state index is -0.782. The quantitative estimate of drug-likeness (QED) is 0.542. The fourth-order valence-electron chi connectivity index (χ4n) is 2.20. The average Bonchev–Trinajstić information content (AvgIpc) is 2.24. The highest BCUT2D eigenvalue weighted by Crippen LogP contribution is 2.35. The Labute approximate surface area is 78.1 Å². The highest BCUT2D eigenvalue weighted by Gasteiger charge is 2.49. The SMILES string of the molecule is CO[C@@H]1C(C)C(O)C(C(C)O)C1O. The molecule has 13 heavy (non-hydrogen) atoms. The summed E-state index contributed by atoms with van der Waals surface area (Å²) in [5.74, 6) is -0.639. The molecule has 1 saturated carbocycles.